The van der Waals surface area contributed by atoms with E-state index >= 15 is 0 Å². The number of fused-ring (bicyclic) bond motifs is 4. The predicted molar refractivity (Wildman–Crippen MR) is 86.7 cm³/mol. The molecular formula is C19H20N2O. The highest BCUT2D eigenvalue weighted by atomic mass is 16.1. The van der Waals surface area contributed by atoms with Crippen LogP contribution in [0.3, 0.4) is 0 Å². The lowest BCUT2D eigenvalue weighted by Crippen LogP contribution is -2.60. The van der Waals surface area contributed by atoms with Crippen LogP contribution in [0.4, 0.5) is 0 Å². The minimum atomic E-state index is 0.165. The molecule has 1 aromatic carbocycles. The number of carbonyl (C=O) groups is 1. The van der Waals surface area contributed by atoms with Gasteiger partial charge in [0.2, 0.25) is 0 Å². The summed E-state index contributed by atoms with van der Waals surface area (Å²) < 4.78 is 0. The first-order valence-corrected chi connectivity index (χ1v) is 8.27. The molecule has 0 radical (unpaired) electrons. The van der Waals surface area contributed by atoms with Gasteiger partial charge in [0.05, 0.1) is 6.04 Å². The van der Waals surface area contributed by atoms with Crippen LogP contribution in [0, 0.1) is 11.8 Å². The molecule has 4 aliphatic rings. The van der Waals surface area contributed by atoms with Crippen molar-refractivity contribution in [3.8, 4) is 0 Å². The van der Waals surface area contributed by atoms with E-state index in [-0.39, 0.29) is 5.92 Å². The Hall–Kier alpha value is -1.87. The van der Waals surface area contributed by atoms with Crippen LogP contribution in [-0.4, -0.2) is 28.8 Å². The number of aromatic amines is 1. The minimum absolute atomic E-state index is 0.165. The molecule has 22 heavy (non-hydrogen) atoms. The third kappa shape index (κ3) is 1.42. The zero-order chi connectivity index (χ0) is 14.8. The monoisotopic (exact) mass is 292 g/mol. The number of aromatic nitrogens is 1. The lowest BCUT2D eigenvalue weighted by Gasteiger charge is -2.57. The second-order valence-electron chi connectivity index (χ2n) is 6.94. The first-order valence-electron chi connectivity index (χ1n) is 8.27. The van der Waals surface area contributed by atoms with Crippen LogP contribution >= 0.6 is 0 Å². The van der Waals surface area contributed by atoms with Crippen molar-refractivity contribution in [1.29, 1.82) is 0 Å². The Labute approximate surface area is 130 Å². The van der Waals surface area contributed by atoms with Gasteiger partial charge < -0.3 is 9.78 Å². The fraction of sp³-hybridized carbons (Fsp3) is 0.421. The normalized spacial score (nSPS) is 37.5. The predicted octanol–water partition coefficient (Wildman–Crippen LogP) is 3.23. The Bertz CT molecular complexity index is 803. The smallest absolute Gasteiger partial charge is 0.125 e. The van der Waals surface area contributed by atoms with Crippen LogP contribution < -0.4 is 0 Å². The largest absolute Gasteiger partial charge is 0.357 e. The number of nitrogens with zero attached hydrogens (tertiary/aromatic N) is 1. The summed E-state index contributed by atoms with van der Waals surface area (Å²) in [5.74, 6) is 0.611. The number of benzene rings is 1. The summed E-state index contributed by atoms with van der Waals surface area (Å²) in [6.07, 6.45) is 5.54. The average molecular weight is 292 g/mol. The van der Waals surface area contributed by atoms with E-state index < -0.39 is 0 Å². The summed E-state index contributed by atoms with van der Waals surface area (Å²) in [6.45, 7) is 3.15. The highest BCUT2D eigenvalue weighted by molar-refractivity contribution is 5.85. The summed E-state index contributed by atoms with van der Waals surface area (Å²) in [7, 11) is 0. The van der Waals surface area contributed by atoms with E-state index in [1.165, 1.54) is 34.0 Å². The Morgan fingerprint density at radius 1 is 1.32 bits per heavy atom. The number of aldehydes is 1. The van der Waals surface area contributed by atoms with Crippen molar-refractivity contribution in [2.24, 2.45) is 11.8 Å². The number of nitrogens with one attached hydrogen (secondary N) is 1. The van der Waals surface area contributed by atoms with Gasteiger partial charge in [-0.05, 0) is 37.3 Å². The van der Waals surface area contributed by atoms with Gasteiger partial charge in [-0.3, -0.25) is 4.90 Å². The molecule has 6 rings (SSSR count). The van der Waals surface area contributed by atoms with Crippen molar-refractivity contribution >= 4 is 17.2 Å². The van der Waals surface area contributed by atoms with Crippen molar-refractivity contribution in [2.75, 3.05) is 6.54 Å². The summed E-state index contributed by atoms with van der Waals surface area (Å²) in [5, 5.41) is 1.35. The SMILES string of the molecule is CC=C1CN2[C@H]3C[C@@H]1C(C=O)[C@@H]2Cc1c3[nH]c2ccccc12. The van der Waals surface area contributed by atoms with Gasteiger partial charge in [-0.2, -0.15) is 0 Å². The highest BCUT2D eigenvalue weighted by Gasteiger charge is 2.52. The molecule has 5 heterocycles. The molecule has 112 valence electrons. The zero-order valence-electron chi connectivity index (χ0n) is 12.8. The maximum absolute atomic E-state index is 11.8. The van der Waals surface area contributed by atoms with Crippen LogP contribution in [0.15, 0.2) is 35.9 Å². The van der Waals surface area contributed by atoms with Crippen molar-refractivity contribution in [1.82, 2.24) is 9.88 Å². The third-order valence-electron chi connectivity index (χ3n) is 6.17. The van der Waals surface area contributed by atoms with E-state index in [0.29, 0.717) is 18.0 Å². The number of allylic oxidation sites excluding steroid dienone is 1. The lowest BCUT2D eigenvalue weighted by atomic mass is 9.64. The molecule has 0 saturated carbocycles. The van der Waals surface area contributed by atoms with Crippen LogP contribution in [0.25, 0.3) is 10.9 Å². The second kappa shape index (κ2) is 4.32. The van der Waals surface area contributed by atoms with Gasteiger partial charge in [-0.15, -0.1) is 0 Å². The third-order valence-corrected chi connectivity index (χ3v) is 6.17. The molecule has 2 unspecified atom stereocenters. The molecule has 3 fully saturated rings. The lowest BCUT2D eigenvalue weighted by molar-refractivity contribution is -0.121. The highest BCUT2D eigenvalue weighted by Crippen LogP contribution is 2.53. The van der Waals surface area contributed by atoms with Gasteiger partial charge in [0, 0.05) is 35.1 Å². The zero-order valence-corrected chi connectivity index (χ0v) is 12.8. The van der Waals surface area contributed by atoms with E-state index in [9.17, 15) is 4.79 Å². The number of carbonyl (C=O) groups excluding carboxylic acids is 1. The minimum Gasteiger partial charge on any atom is -0.357 e. The van der Waals surface area contributed by atoms with E-state index in [4.69, 9.17) is 0 Å². The molecule has 0 spiro atoms. The fourth-order valence-corrected chi connectivity index (χ4v) is 5.17. The molecule has 3 saturated heterocycles. The molecule has 1 N–H and O–H groups in total. The average Bonchev–Trinajstić information content (AvgIpc) is 2.93. The molecule has 0 amide bonds. The Balaban J connectivity index is 1.70. The standard InChI is InChI=1S/C19H20N2O/c1-2-11-9-21-17-8-14-12-5-3-4-6-16(12)20-19(14)18(21)7-13(11)15(17)10-22/h2-6,10,13,15,17-18,20H,7-9H2,1H3/t13-,15?,17-,18-/m0/s1. The maximum atomic E-state index is 11.8. The first kappa shape index (κ1) is 12.7. The van der Waals surface area contributed by atoms with Crippen molar-refractivity contribution in [3.05, 3.63) is 47.2 Å². The van der Waals surface area contributed by atoms with E-state index in [1.807, 2.05) is 0 Å². The molecule has 2 aromatic rings. The topological polar surface area (TPSA) is 36.1 Å². The number of rotatable bonds is 1. The van der Waals surface area contributed by atoms with Gasteiger partial charge in [-0.1, -0.05) is 29.8 Å². The van der Waals surface area contributed by atoms with Gasteiger partial charge >= 0.3 is 0 Å². The summed E-state index contributed by atoms with van der Waals surface area (Å²) in [6, 6.07) is 9.44. The van der Waals surface area contributed by atoms with Crippen molar-refractivity contribution < 1.29 is 4.79 Å². The van der Waals surface area contributed by atoms with Crippen LogP contribution in [0.1, 0.15) is 30.6 Å². The quantitative estimate of drug-likeness (QED) is 0.647. The number of para-hydroxylation sites is 1. The Morgan fingerprint density at radius 3 is 3.00 bits per heavy atom. The molecule has 3 heteroatoms. The number of hydrogen-bond donors (Lipinski definition) is 1. The molecule has 0 aliphatic carbocycles. The number of hydrogen-bond acceptors (Lipinski definition) is 2. The van der Waals surface area contributed by atoms with Crippen LogP contribution in [-0.2, 0) is 11.2 Å². The van der Waals surface area contributed by atoms with Gasteiger partial charge in [0.25, 0.3) is 0 Å². The Kier molecular flexibility index (Phi) is 2.49. The van der Waals surface area contributed by atoms with Crippen LogP contribution in [0.2, 0.25) is 0 Å². The fourth-order valence-electron chi connectivity index (χ4n) is 5.17. The molecule has 5 atom stereocenters. The van der Waals surface area contributed by atoms with Crippen molar-refractivity contribution in [2.45, 2.75) is 31.8 Å². The molecule has 3 nitrogen and oxygen atoms in total. The summed E-state index contributed by atoms with van der Waals surface area (Å²) >= 11 is 0. The summed E-state index contributed by atoms with van der Waals surface area (Å²) in [4.78, 5) is 18.0. The maximum Gasteiger partial charge on any atom is 0.125 e. The van der Waals surface area contributed by atoms with Gasteiger partial charge in [-0.25, -0.2) is 0 Å². The van der Waals surface area contributed by atoms with Crippen molar-refractivity contribution in [3.63, 3.8) is 0 Å². The number of piperidine rings is 3. The number of H-pyrrole nitrogens is 1. The molecule has 1 aromatic heterocycles. The second-order valence-corrected chi connectivity index (χ2v) is 6.94. The first-order chi connectivity index (χ1) is 10.8. The van der Waals surface area contributed by atoms with E-state index in [0.717, 1.165) is 19.4 Å². The van der Waals surface area contributed by atoms with E-state index in [2.05, 4.69) is 47.1 Å². The Morgan fingerprint density at radius 2 is 2.18 bits per heavy atom. The van der Waals surface area contributed by atoms with E-state index in [1.54, 1.807) is 0 Å². The van der Waals surface area contributed by atoms with Gasteiger partial charge in [0.1, 0.15) is 6.29 Å². The molecule has 4 aliphatic heterocycles. The molecule has 4 bridgehead atoms. The van der Waals surface area contributed by atoms with Crippen LogP contribution in [0.5, 0.6) is 0 Å². The molecular weight excluding hydrogens is 272 g/mol. The van der Waals surface area contributed by atoms with Gasteiger partial charge in [0.15, 0.2) is 0 Å². The summed E-state index contributed by atoms with van der Waals surface area (Å²) in [5.41, 5.74) is 5.56.